The molecule has 2 aromatic rings. The van der Waals surface area contributed by atoms with Gasteiger partial charge in [-0.05, 0) is 30.0 Å². The maximum absolute atomic E-state index is 12.3. The van der Waals surface area contributed by atoms with Gasteiger partial charge in [0.15, 0.2) is 0 Å². The van der Waals surface area contributed by atoms with E-state index in [0.717, 1.165) is 5.56 Å². The van der Waals surface area contributed by atoms with E-state index in [9.17, 15) is 8.42 Å². The third-order valence-electron chi connectivity index (χ3n) is 2.66. The van der Waals surface area contributed by atoms with Crippen molar-refractivity contribution >= 4 is 44.5 Å². The molecule has 0 aliphatic heterocycles. The van der Waals surface area contributed by atoms with Gasteiger partial charge in [-0.1, -0.05) is 11.6 Å². The minimum Gasteiger partial charge on any atom is -0.363 e. The van der Waals surface area contributed by atoms with Crippen LogP contribution < -0.4 is 9.62 Å². The standard InChI is InChI=1S/C12H14ClN3O2S2/c1-8-7-19-12(13)11(8)15-20(17,18)9-4-5-10(14-6-9)16(2)3/h4-7,15H,1-3H3. The predicted octanol–water partition coefficient (Wildman–Crippen LogP) is 2.97. The number of hydrogen-bond acceptors (Lipinski definition) is 5. The molecule has 0 aliphatic rings. The fourth-order valence-corrected chi connectivity index (χ4v) is 3.79. The zero-order chi connectivity index (χ0) is 14.9. The number of nitrogens with one attached hydrogen (secondary N) is 1. The average molecular weight is 332 g/mol. The van der Waals surface area contributed by atoms with Gasteiger partial charge in [0.25, 0.3) is 10.0 Å². The Morgan fingerprint density at radius 2 is 2.05 bits per heavy atom. The maximum atomic E-state index is 12.3. The van der Waals surface area contributed by atoms with Crippen LogP contribution in [0.3, 0.4) is 0 Å². The van der Waals surface area contributed by atoms with Gasteiger partial charge < -0.3 is 4.90 Å². The molecule has 8 heteroatoms. The second-order valence-corrected chi connectivity index (χ2v) is 7.58. The zero-order valence-electron chi connectivity index (χ0n) is 11.2. The average Bonchev–Trinajstić information content (AvgIpc) is 2.70. The first kappa shape index (κ1) is 15.1. The van der Waals surface area contributed by atoms with Crippen molar-refractivity contribution in [2.45, 2.75) is 11.8 Å². The number of nitrogens with zero attached hydrogens (tertiary/aromatic N) is 2. The summed E-state index contributed by atoms with van der Waals surface area (Å²) in [6, 6.07) is 3.16. The van der Waals surface area contributed by atoms with Crippen molar-refractivity contribution in [3.05, 3.63) is 33.6 Å². The number of pyridine rings is 1. The summed E-state index contributed by atoms with van der Waals surface area (Å²) in [5, 5.41) is 1.80. The Bertz CT molecular complexity index is 689. The molecule has 2 heterocycles. The summed E-state index contributed by atoms with van der Waals surface area (Å²) in [7, 11) is -0.00639. The van der Waals surface area contributed by atoms with Crippen LogP contribution in [0.2, 0.25) is 4.34 Å². The molecule has 0 aromatic carbocycles. The summed E-state index contributed by atoms with van der Waals surface area (Å²) in [4.78, 5) is 5.99. The molecular formula is C12H14ClN3O2S2. The molecule has 0 saturated heterocycles. The molecule has 1 N–H and O–H groups in total. The first-order valence-electron chi connectivity index (χ1n) is 5.71. The van der Waals surface area contributed by atoms with Gasteiger partial charge in [0.05, 0.1) is 5.69 Å². The number of anilines is 2. The van der Waals surface area contributed by atoms with Gasteiger partial charge in [-0.25, -0.2) is 13.4 Å². The smallest absolute Gasteiger partial charge is 0.263 e. The maximum Gasteiger partial charge on any atom is 0.263 e. The molecule has 2 aromatic heterocycles. The number of aryl methyl sites for hydroxylation is 1. The molecule has 2 rings (SSSR count). The second-order valence-electron chi connectivity index (χ2n) is 4.42. The fourth-order valence-electron chi connectivity index (χ4n) is 1.52. The first-order chi connectivity index (χ1) is 9.31. The van der Waals surface area contributed by atoms with Crippen LogP contribution in [0.4, 0.5) is 11.5 Å². The highest BCUT2D eigenvalue weighted by atomic mass is 35.5. The molecule has 0 fully saturated rings. The minimum absolute atomic E-state index is 0.102. The summed E-state index contributed by atoms with van der Waals surface area (Å²) in [5.41, 5.74) is 1.22. The zero-order valence-corrected chi connectivity index (χ0v) is 13.6. The van der Waals surface area contributed by atoms with Crippen LogP contribution in [0.1, 0.15) is 5.56 Å². The fraction of sp³-hybridized carbons (Fsp3) is 0.250. The van der Waals surface area contributed by atoms with E-state index in [4.69, 9.17) is 11.6 Å². The molecule has 0 amide bonds. The van der Waals surface area contributed by atoms with Crippen LogP contribution in [0.25, 0.3) is 0 Å². The number of hydrogen-bond donors (Lipinski definition) is 1. The van der Waals surface area contributed by atoms with Crippen molar-refractivity contribution in [2.75, 3.05) is 23.7 Å². The Kier molecular flexibility index (Phi) is 4.22. The highest BCUT2D eigenvalue weighted by Crippen LogP contribution is 2.33. The van der Waals surface area contributed by atoms with E-state index in [-0.39, 0.29) is 4.90 Å². The van der Waals surface area contributed by atoms with E-state index in [1.54, 1.807) is 23.3 Å². The largest absolute Gasteiger partial charge is 0.363 e. The van der Waals surface area contributed by atoms with E-state index in [1.807, 2.05) is 14.1 Å². The summed E-state index contributed by atoms with van der Waals surface area (Å²) < 4.78 is 27.5. The normalized spacial score (nSPS) is 11.4. The molecule has 0 saturated carbocycles. The Labute approximate surface area is 127 Å². The molecule has 0 aliphatic carbocycles. The highest BCUT2D eigenvalue weighted by Gasteiger charge is 2.18. The summed E-state index contributed by atoms with van der Waals surface area (Å²) >= 11 is 7.26. The van der Waals surface area contributed by atoms with E-state index in [0.29, 0.717) is 15.8 Å². The van der Waals surface area contributed by atoms with Crippen LogP contribution in [0.15, 0.2) is 28.6 Å². The lowest BCUT2D eigenvalue weighted by atomic mass is 10.3. The van der Waals surface area contributed by atoms with Crippen molar-refractivity contribution in [1.29, 1.82) is 0 Å². The summed E-state index contributed by atoms with van der Waals surface area (Å²) in [6.07, 6.45) is 1.33. The van der Waals surface area contributed by atoms with Gasteiger partial charge in [0.1, 0.15) is 15.0 Å². The van der Waals surface area contributed by atoms with Gasteiger partial charge in [-0.2, -0.15) is 0 Å². The quantitative estimate of drug-likeness (QED) is 0.935. The van der Waals surface area contributed by atoms with Crippen molar-refractivity contribution < 1.29 is 8.42 Å². The van der Waals surface area contributed by atoms with Gasteiger partial charge in [-0.3, -0.25) is 4.72 Å². The monoisotopic (exact) mass is 331 g/mol. The van der Waals surface area contributed by atoms with E-state index in [1.165, 1.54) is 23.6 Å². The molecule has 0 unspecified atom stereocenters. The molecule has 0 atom stereocenters. The number of halogens is 1. The molecular weight excluding hydrogens is 318 g/mol. The van der Waals surface area contributed by atoms with Crippen molar-refractivity contribution in [3.63, 3.8) is 0 Å². The summed E-state index contributed by atoms with van der Waals surface area (Å²) in [6.45, 7) is 1.80. The Morgan fingerprint density at radius 3 is 2.50 bits per heavy atom. The molecule has 20 heavy (non-hydrogen) atoms. The number of rotatable bonds is 4. The van der Waals surface area contributed by atoms with E-state index < -0.39 is 10.0 Å². The first-order valence-corrected chi connectivity index (χ1v) is 8.45. The third-order valence-corrected chi connectivity index (χ3v) is 5.33. The molecule has 0 bridgehead atoms. The number of aromatic nitrogens is 1. The van der Waals surface area contributed by atoms with Crippen LogP contribution in [-0.2, 0) is 10.0 Å². The van der Waals surface area contributed by atoms with Crippen molar-refractivity contribution in [1.82, 2.24) is 4.98 Å². The van der Waals surface area contributed by atoms with Crippen LogP contribution in [0, 0.1) is 6.92 Å². The highest BCUT2D eigenvalue weighted by molar-refractivity contribution is 7.92. The number of sulfonamides is 1. The van der Waals surface area contributed by atoms with Gasteiger partial charge >= 0.3 is 0 Å². The van der Waals surface area contributed by atoms with Crippen molar-refractivity contribution in [2.24, 2.45) is 0 Å². The molecule has 108 valence electrons. The Morgan fingerprint density at radius 1 is 1.35 bits per heavy atom. The van der Waals surface area contributed by atoms with Gasteiger partial charge in [0.2, 0.25) is 0 Å². The van der Waals surface area contributed by atoms with Crippen LogP contribution in [-0.4, -0.2) is 27.5 Å². The Balaban J connectivity index is 2.31. The molecule has 0 spiro atoms. The topological polar surface area (TPSA) is 62.3 Å². The number of thiophene rings is 1. The SMILES string of the molecule is Cc1csc(Cl)c1NS(=O)(=O)c1ccc(N(C)C)nc1. The Hall–Kier alpha value is -1.31. The van der Waals surface area contributed by atoms with E-state index >= 15 is 0 Å². The van der Waals surface area contributed by atoms with Crippen molar-refractivity contribution in [3.8, 4) is 0 Å². The lowest BCUT2D eigenvalue weighted by Crippen LogP contribution is -2.15. The lowest BCUT2D eigenvalue weighted by molar-refractivity contribution is 0.601. The van der Waals surface area contributed by atoms with Gasteiger partial charge in [0, 0.05) is 20.3 Å². The predicted molar refractivity (Wildman–Crippen MR) is 83.4 cm³/mol. The third kappa shape index (κ3) is 3.05. The van der Waals surface area contributed by atoms with Crippen LogP contribution in [0.5, 0.6) is 0 Å². The van der Waals surface area contributed by atoms with Crippen LogP contribution >= 0.6 is 22.9 Å². The van der Waals surface area contributed by atoms with E-state index in [2.05, 4.69) is 9.71 Å². The van der Waals surface area contributed by atoms with Gasteiger partial charge in [-0.15, -0.1) is 11.3 Å². The molecule has 5 nitrogen and oxygen atoms in total. The lowest BCUT2D eigenvalue weighted by Gasteiger charge is -2.12. The second kappa shape index (κ2) is 5.59. The summed E-state index contributed by atoms with van der Waals surface area (Å²) in [5.74, 6) is 0.689. The molecule has 0 radical (unpaired) electrons. The minimum atomic E-state index is -3.68.